The number of likely N-dealkylation sites (N-methyl/N-ethyl adjacent to an activating group) is 1. The van der Waals surface area contributed by atoms with Gasteiger partial charge in [0.15, 0.2) is 0 Å². The highest BCUT2D eigenvalue weighted by Crippen LogP contribution is 2.14. The van der Waals surface area contributed by atoms with E-state index in [4.69, 9.17) is 9.57 Å². The van der Waals surface area contributed by atoms with Crippen molar-refractivity contribution in [3.05, 3.63) is 65.7 Å². The van der Waals surface area contributed by atoms with E-state index in [1.807, 2.05) is 18.2 Å². The standard InChI is InChI=1S/C18H19NO6/c1-19(25-18(23)24-12-14-5-3-2-4-6-14)16(17(21)22)11-13-7-9-15(20)10-8-13/h2-10,16,20H,11-12H2,1H3,(H,21,22)/t16-/m0/s1. The average Bonchev–Trinajstić information content (AvgIpc) is 2.60. The molecule has 0 amide bonds. The molecule has 7 heteroatoms. The van der Waals surface area contributed by atoms with Gasteiger partial charge in [0.05, 0.1) is 0 Å². The lowest BCUT2D eigenvalue weighted by atomic mass is 10.1. The Morgan fingerprint density at radius 2 is 1.68 bits per heavy atom. The van der Waals surface area contributed by atoms with Crippen LogP contribution in [0.1, 0.15) is 11.1 Å². The number of benzene rings is 2. The molecular weight excluding hydrogens is 326 g/mol. The second kappa shape index (κ2) is 8.70. The SMILES string of the molecule is CN(OC(=O)OCc1ccccc1)[C@@H](Cc1ccc(O)cc1)C(=O)O. The number of phenols is 1. The third-order valence-electron chi connectivity index (χ3n) is 3.51. The van der Waals surface area contributed by atoms with Gasteiger partial charge in [0.1, 0.15) is 18.4 Å². The van der Waals surface area contributed by atoms with Crippen molar-refractivity contribution < 1.29 is 29.4 Å². The zero-order chi connectivity index (χ0) is 18.2. The number of carboxylic acids is 1. The molecule has 0 saturated heterocycles. The highest BCUT2D eigenvalue weighted by Gasteiger charge is 2.26. The Labute approximate surface area is 145 Å². The Kier molecular flexibility index (Phi) is 6.36. The minimum Gasteiger partial charge on any atom is -0.508 e. The van der Waals surface area contributed by atoms with Crippen LogP contribution < -0.4 is 0 Å². The molecule has 0 bridgehead atoms. The first-order valence-corrected chi connectivity index (χ1v) is 7.58. The zero-order valence-corrected chi connectivity index (χ0v) is 13.7. The van der Waals surface area contributed by atoms with Gasteiger partial charge in [-0.3, -0.25) is 4.79 Å². The third kappa shape index (κ3) is 5.82. The first kappa shape index (κ1) is 18.3. The Balaban J connectivity index is 1.90. The van der Waals surface area contributed by atoms with Crippen molar-refractivity contribution in [2.75, 3.05) is 7.05 Å². The normalized spacial score (nSPS) is 11.8. The van der Waals surface area contributed by atoms with Gasteiger partial charge in [-0.1, -0.05) is 42.5 Å². The van der Waals surface area contributed by atoms with E-state index in [1.165, 1.54) is 19.2 Å². The Bertz CT molecular complexity index is 701. The zero-order valence-electron chi connectivity index (χ0n) is 13.7. The number of phenolic OH excluding ortho intramolecular Hbond substituents is 1. The van der Waals surface area contributed by atoms with Gasteiger partial charge in [0.25, 0.3) is 0 Å². The van der Waals surface area contributed by atoms with Crippen molar-refractivity contribution in [3.8, 4) is 5.75 Å². The summed E-state index contributed by atoms with van der Waals surface area (Å²) in [4.78, 5) is 28.1. The lowest BCUT2D eigenvalue weighted by Crippen LogP contribution is -2.41. The molecular formula is C18H19NO6. The smallest absolute Gasteiger partial charge is 0.508 e. The second-order valence-electron chi connectivity index (χ2n) is 5.39. The molecule has 2 rings (SSSR count). The van der Waals surface area contributed by atoms with E-state index in [0.717, 1.165) is 10.6 Å². The summed E-state index contributed by atoms with van der Waals surface area (Å²) in [6.45, 7) is 0.0310. The first-order chi connectivity index (χ1) is 12.0. The molecule has 0 aliphatic carbocycles. The van der Waals surface area contributed by atoms with E-state index in [1.54, 1.807) is 24.3 Å². The maximum atomic E-state index is 11.7. The molecule has 7 nitrogen and oxygen atoms in total. The highest BCUT2D eigenvalue weighted by atomic mass is 16.8. The van der Waals surface area contributed by atoms with E-state index >= 15 is 0 Å². The van der Waals surface area contributed by atoms with E-state index in [0.29, 0.717) is 5.56 Å². The van der Waals surface area contributed by atoms with Gasteiger partial charge in [-0.05, 0) is 23.3 Å². The van der Waals surface area contributed by atoms with Gasteiger partial charge in [-0.25, -0.2) is 4.79 Å². The van der Waals surface area contributed by atoms with Gasteiger partial charge in [0, 0.05) is 13.5 Å². The number of rotatable bonds is 7. The molecule has 0 spiro atoms. The fourth-order valence-electron chi connectivity index (χ4n) is 2.15. The molecule has 0 aromatic heterocycles. The summed E-state index contributed by atoms with van der Waals surface area (Å²) in [6, 6.07) is 14.1. The van der Waals surface area contributed by atoms with Crippen molar-refractivity contribution in [2.45, 2.75) is 19.1 Å². The number of carbonyl (C=O) groups excluding carboxylic acids is 1. The molecule has 0 aliphatic heterocycles. The quantitative estimate of drug-likeness (QED) is 0.588. The van der Waals surface area contributed by atoms with Crippen molar-refractivity contribution in [1.82, 2.24) is 5.06 Å². The molecule has 0 saturated carbocycles. The van der Waals surface area contributed by atoms with E-state index in [2.05, 4.69) is 0 Å². The van der Waals surface area contributed by atoms with Gasteiger partial charge in [-0.15, -0.1) is 5.06 Å². The molecule has 0 heterocycles. The molecule has 2 aromatic rings. The van der Waals surface area contributed by atoms with Gasteiger partial charge in [-0.2, -0.15) is 0 Å². The fourth-order valence-corrected chi connectivity index (χ4v) is 2.15. The van der Waals surface area contributed by atoms with E-state index in [9.17, 15) is 19.8 Å². The fraction of sp³-hybridized carbons (Fsp3) is 0.222. The minimum absolute atomic E-state index is 0.0310. The van der Waals surface area contributed by atoms with Crippen LogP contribution in [0.15, 0.2) is 54.6 Å². The van der Waals surface area contributed by atoms with Crippen LogP contribution >= 0.6 is 0 Å². The number of aliphatic carboxylic acids is 1. The van der Waals surface area contributed by atoms with Crippen molar-refractivity contribution in [1.29, 1.82) is 0 Å². The summed E-state index contributed by atoms with van der Waals surface area (Å²) < 4.78 is 4.97. The predicted molar refractivity (Wildman–Crippen MR) is 88.7 cm³/mol. The molecule has 132 valence electrons. The van der Waals surface area contributed by atoms with Crippen LogP contribution in [0.3, 0.4) is 0 Å². The van der Waals surface area contributed by atoms with Gasteiger partial charge in [0.2, 0.25) is 0 Å². The number of hydrogen-bond acceptors (Lipinski definition) is 6. The van der Waals surface area contributed by atoms with Crippen molar-refractivity contribution >= 4 is 12.1 Å². The number of nitrogens with zero attached hydrogens (tertiary/aromatic N) is 1. The van der Waals surface area contributed by atoms with Crippen molar-refractivity contribution in [3.63, 3.8) is 0 Å². The largest absolute Gasteiger partial charge is 0.528 e. The molecule has 25 heavy (non-hydrogen) atoms. The summed E-state index contributed by atoms with van der Waals surface area (Å²) in [7, 11) is 1.35. The lowest BCUT2D eigenvalue weighted by molar-refractivity contribution is -0.170. The summed E-state index contributed by atoms with van der Waals surface area (Å²) >= 11 is 0. The minimum atomic E-state index is -1.15. The molecule has 0 radical (unpaired) electrons. The highest BCUT2D eigenvalue weighted by molar-refractivity contribution is 5.74. The van der Waals surface area contributed by atoms with E-state index in [-0.39, 0.29) is 18.8 Å². The van der Waals surface area contributed by atoms with E-state index < -0.39 is 18.2 Å². The van der Waals surface area contributed by atoms with Crippen LogP contribution in [0.25, 0.3) is 0 Å². The van der Waals surface area contributed by atoms with Crippen LogP contribution in [0, 0.1) is 0 Å². The van der Waals surface area contributed by atoms with Crippen LogP contribution in [0.4, 0.5) is 4.79 Å². The van der Waals surface area contributed by atoms with Crippen LogP contribution in [0.5, 0.6) is 5.75 Å². The summed E-state index contributed by atoms with van der Waals surface area (Å²) in [5, 5.41) is 19.6. The molecule has 1 atom stereocenters. The second-order valence-corrected chi connectivity index (χ2v) is 5.39. The molecule has 0 unspecified atom stereocenters. The third-order valence-corrected chi connectivity index (χ3v) is 3.51. The lowest BCUT2D eigenvalue weighted by Gasteiger charge is -2.22. The molecule has 0 aliphatic rings. The summed E-state index contributed by atoms with van der Waals surface area (Å²) in [6.07, 6.45) is -0.888. The monoisotopic (exact) mass is 345 g/mol. The Hall–Kier alpha value is -3.06. The Morgan fingerprint density at radius 3 is 2.28 bits per heavy atom. The molecule has 2 N–H and O–H groups in total. The Morgan fingerprint density at radius 1 is 1.04 bits per heavy atom. The number of hydrogen-bond donors (Lipinski definition) is 2. The number of hydroxylamine groups is 2. The van der Waals surface area contributed by atoms with Crippen LogP contribution in [-0.4, -0.2) is 40.5 Å². The average molecular weight is 345 g/mol. The van der Waals surface area contributed by atoms with Crippen molar-refractivity contribution in [2.24, 2.45) is 0 Å². The number of aromatic hydroxyl groups is 1. The predicted octanol–water partition coefficient (Wildman–Crippen LogP) is 2.59. The molecule has 2 aromatic carbocycles. The number of carbonyl (C=O) groups is 2. The first-order valence-electron chi connectivity index (χ1n) is 7.58. The summed E-state index contributed by atoms with van der Waals surface area (Å²) in [5.74, 6) is -1.06. The van der Waals surface area contributed by atoms with Gasteiger partial charge < -0.3 is 19.8 Å². The maximum Gasteiger partial charge on any atom is 0.528 e. The van der Waals surface area contributed by atoms with Crippen LogP contribution in [-0.2, 0) is 27.4 Å². The topological polar surface area (TPSA) is 96.3 Å². The number of carboxylic acid groups (broad SMARTS) is 1. The number of ether oxygens (including phenoxy) is 1. The summed E-state index contributed by atoms with van der Waals surface area (Å²) in [5.41, 5.74) is 1.47. The van der Waals surface area contributed by atoms with Gasteiger partial charge >= 0.3 is 12.1 Å². The maximum absolute atomic E-state index is 11.7. The van der Waals surface area contributed by atoms with Crippen LogP contribution in [0.2, 0.25) is 0 Å². The molecule has 0 fully saturated rings.